The third-order valence-corrected chi connectivity index (χ3v) is 5.90. The number of carbonyl (C=O) groups is 1. The number of thioether (sulfide) groups is 1. The van der Waals surface area contributed by atoms with Crippen LogP contribution < -0.4 is 0 Å². The molecule has 2 aromatic rings. The smallest absolute Gasteiger partial charge is 0.233 e. The van der Waals surface area contributed by atoms with Crippen LogP contribution in [0.5, 0.6) is 0 Å². The summed E-state index contributed by atoms with van der Waals surface area (Å²) in [7, 11) is 1.75. The summed E-state index contributed by atoms with van der Waals surface area (Å²) in [4.78, 5) is 17.3. The second-order valence-corrected chi connectivity index (χ2v) is 7.51. The number of carbonyl (C=O) groups excluding carboxylic acids is 1. The molecule has 0 spiro atoms. The first-order valence-electron chi connectivity index (χ1n) is 7.70. The lowest BCUT2D eigenvalue weighted by Gasteiger charge is -2.35. The van der Waals surface area contributed by atoms with Gasteiger partial charge in [-0.05, 0) is 21.9 Å². The zero-order valence-corrected chi connectivity index (χ0v) is 15.0. The van der Waals surface area contributed by atoms with Crippen molar-refractivity contribution in [1.82, 2.24) is 30.0 Å². The number of hydrogen-bond acceptors (Lipinski definition) is 8. The van der Waals surface area contributed by atoms with Crippen molar-refractivity contribution in [1.29, 1.82) is 0 Å². The summed E-state index contributed by atoms with van der Waals surface area (Å²) >= 11 is 2.92. The van der Waals surface area contributed by atoms with Crippen molar-refractivity contribution < 1.29 is 9.90 Å². The number of thiophene rings is 1. The molecule has 0 aromatic carbocycles. The monoisotopic (exact) mass is 368 g/mol. The molecule has 130 valence electrons. The number of β-amino-alcohol motifs (C(OH)–C–C–N with tert-alkyl or cyclic N) is 1. The standard InChI is InChI=1S/C14H20N6O2S2/c1-18-14(15-16-17-18)24-10-13(22)20-6-4-19(5-7-20)9-11(21)12-3-2-8-23-12/h2-3,8,11,21H,4-7,9-10H2,1H3. The van der Waals surface area contributed by atoms with Gasteiger partial charge in [-0.1, -0.05) is 17.8 Å². The number of aliphatic hydroxyl groups excluding tert-OH is 1. The minimum Gasteiger partial charge on any atom is -0.386 e. The number of hydrogen-bond donors (Lipinski definition) is 1. The summed E-state index contributed by atoms with van der Waals surface area (Å²) in [5.74, 6) is 0.438. The van der Waals surface area contributed by atoms with Gasteiger partial charge in [-0.15, -0.1) is 16.4 Å². The first-order valence-corrected chi connectivity index (χ1v) is 9.57. The zero-order chi connectivity index (χ0) is 16.9. The molecule has 1 N–H and O–H groups in total. The highest BCUT2D eigenvalue weighted by Gasteiger charge is 2.23. The average Bonchev–Trinajstić information content (AvgIpc) is 3.25. The highest BCUT2D eigenvalue weighted by atomic mass is 32.2. The van der Waals surface area contributed by atoms with E-state index >= 15 is 0 Å². The molecule has 3 rings (SSSR count). The molecule has 0 bridgehead atoms. The fraction of sp³-hybridized carbons (Fsp3) is 0.571. The lowest BCUT2D eigenvalue weighted by molar-refractivity contribution is -0.130. The molecular weight excluding hydrogens is 348 g/mol. The van der Waals surface area contributed by atoms with Crippen LogP contribution in [0.2, 0.25) is 0 Å². The van der Waals surface area contributed by atoms with Gasteiger partial charge < -0.3 is 10.0 Å². The van der Waals surface area contributed by atoms with E-state index in [0.29, 0.717) is 30.5 Å². The van der Waals surface area contributed by atoms with Crippen molar-refractivity contribution in [3.8, 4) is 0 Å². The summed E-state index contributed by atoms with van der Waals surface area (Å²) < 4.78 is 1.56. The first-order chi connectivity index (χ1) is 11.6. The van der Waals surface area contributed by atoms with E-state index in [2.05, 4.69) is 20.4 Å². The Hall–Kier alpha value is -1.49. The van der Waals surface area contributed by atoms with Crippen LogP contribution in [-0.2, 0) is 11.8 Å². The molecule has 10 heteroatoms. The Balaban J connectivity index is 1.41. The zero-order valence-electron chi connectivity index (χ0n) is 13.4. The van der Waals surface area contributed by atoms with Crippen LogP contribution >= 0.6 is 23.1 Å². The lowest BCUT2D eigenvalue weighted by Crippen LogP contribution is -2.50. The highest BCUT2D eigenvalue weighted by Crippen LogP contribution is 2.20. The van der Waals surface area contributed by atoms with Gasteiger partial charge in [-0.3, -0.25) is 9.69 Å². The number of aliphatic hydroxyl groups is 1. The highest BCUT2D eigenvalue weighted by molar-refractivity contribution is 7.99. The molecule has 1 amide bonds. The van der Waals surface area contributed by atoms with E-state index in [1.807, 2.05) is 22.4 Å². The molecule has 8 nitrogen and oxygen atoms in total. The number of tetrazole rings is 1. The third-order valence-electron chi connectivity index (χ3n) is 3.93. The summed E-state index contributed by atoms with van der Waals surface area (Å²) in [6.45, 7) is 3.55. The van der Waals surface area contributed by atoms with E-state index in [1.54, 1.807) is 23.1 Å². The maximum absolute atomic E-state index is 12.3. The fourth-order valence-electron chi connectivity index (χ4n) is 2.56. The molecule has 24 heavy (non-hydrogen) atoms. The topological polar surface area (TPSA) is 87.4 Å². The van der Waals surface area contributed by atoms with E-state index in [-0.39, 0.29) is 5.91 Å². The molecular formula is C14H20N6O2S2. The first kappa shape index (κ1) is 17.3. The second kappa shape index (κ2) is 8.06. The normalized spacial score (nSPS) is 17.2. The van der Waals surface area contributed by atoms with E-state index in [1.165, 1.54) is 11.8 Å². The van der Waals surface area contributed by atoms with Crippen molar-refractivity contribution in [2.24, 2.45) is 7.05 Å². The van der Waals surface area contributed by atoms with E-state index < -0.39 is 6.10 Å². The molecule has 1 atom stereocenters. The lowest BCUT2D eigenvalue weighted by atomic mass is 10.2. The SMILES string of the molecule is Cn1nnnc1SCC(=O)N1CCN(CC(O)c2cccs2)CC1. The Morgan fingerprint density at radius 3 is 2.83 bits per heavy atom. The third kappa shape index (κ3) is 4.32. The van der Waals surface area contributed by atoms with Crippen LogP contribution in [0, 0.1) is 0 Å². The Bertz CT molecular complexity index is 654. The van der Waals surface area contributed by atoms with Gasteiger partial charge in [0.25, 0.3) is 0 Å². The molecule has 1 saturated heterocycles. The van der Waals surface area contributed by atoms with E-state index in [9.17, 15) is 9.90 Å². The number of rotatable bonds is 6. The molecule has 1 aliphatic heterocycles. The average molecular weight is 368 g/mol. The minimum atomic E-state index is -0.453. The van der Waals surface area contributed by atoms with Crippen LogP contribution in [0.1, 0.15) is 11.0 Å². The molecule has 0 aliphatic carbocycles. The van der Waals surface area contributed by atoms with Gasteiger partial charge in [0.05, 0.1) is 5.75 Å². The van der Waals surface area contributed by atoms with Crippen molar-refractivity contribution in [2.45, 2.75) is 11.3 Å². The van der Waals surface area contributed by atoms with Crippen LogP contribution in [0.4, 0.5) is 0 Å². The van der Waals surface area contributed by atoms with Gasteiger partial charge in [-0.2, -0.15) is 0 Å². The molecule has 2 aromatic heterocycles. The molecule has 3 heterocycles. The molecule has 1 aliphatic rings. The Labute approximate surface area is 148 Å². The number of nitrogens with zero attached hydrogens (tertiary/aromatic N) is 6. The van der Waals surface area contributed by atoms with Crippen molar-refractivity contribution in [3.05, 3.63) is 22.4 Å². The molecule has 0 saturated carbocycles. The van der Waals surface area contributed by atoms with Crippen LogP contribution in [0.3, 0.4) is 0 Å². The molecule has 0 radical (unpaired) electrons. The summed E-state index contributed by atoms with van der Waals surface area (Å²) in [5, 5.41) is 24.0. The predicted octanol–water partition coefficient (Wildman–Crippen LogP) is 0.242. The second-order valence-electron chi connectivity index (χ2n) is 5.59. The van der Waals surface area contributed by atoms with Crippen molar-refractivity contribution >= 4 is 29.0 Å². The van der Waals surface area contributed by atoms with Crippen LogP contribution in [0.15, 0.2) is 22.7 Å². The summed E-state index contributed by atoms with van der Waals surface area (Å²) in [6.07, 6.45) is -0.453. The van der Waals surface area contributed by atoms with Gasteiger partial charge in [0, 0.05) is 44.6 Å². The van der Waals surface area contributed by atoms with Gasteiger partial charge >= 0.3 is 0 Å². The summed E-state index contributed by atoms with van der Waals surface area (Å²) in [6, 6.07) is 3.90. The van der Waals surface area contributed by atoms with Gasteiger partial charge in [0.1, 0.15) is 6.10 Å². The van der Waals surface area contributed by atoms with Crippen molar-refractivity contribution in [2.75, 3.05) is 38.5 Å². The quantitative estimate of drug-likeness (QED) is 0.731. The van der Waals surface area contributed by atoms with Gasteiger partial charge in [0.15, 0.2) is 0 Å². The largest absolute Gasteiger partial charge is 0.386 e. The van der Waals surface area contributed by atoms with Gasteiger partial charge in [0.2, 0.25) is 11.1 Å². The number of aryl methyl sites for hydroxylation is 1. The maximum atomic E-state index is 12.3. The van der Waals surface area contributed by atoms with Crippen LogP contribution in [0.25, 0.3) is 0 Å². The van der Waals surface area contributed by atoms with E-state index in [0.717, 1.165) is 18.0 Å². The Morgan fingerprint density at radius 2 is 2.21 bits per heavy atom. The Kier molecular flexibility index (Phi) is 5.82. The number of piperazine rings is 1. The Morgan fingerprint density at radius 1 is 1.42 bits per heavy atom. The van der Waals surface area contributed by atoms with Crippen LogP contribution in [-0.4, -0.2) is 79.5 Å². The molecule has 1 unspecified atom stereocenters. The molecule has 1 fully saturated rings. The van der Waals surface area contributed by atoms with Gasteiger partial charge in [-0.25, -0.2) is 4.68 Å². The van der Waals surface area contributed by atoms with Crippen molar-refractivity contribution in [3.63, 3.8) is 0 Å². The minimum absolute atomic E-state index is 0.0986. The van der Waals surface area contributed by atoms with E-state index in [4.69, 9.17) is 0 Å². The fourth-order valence-corrected chi connectivity index (χ4v) is 4.01. The number of amides is 1. The number of aromatic nitrogens is 4. The predicted molar refractivity (Wildman–Crippen MR) is 91.8 cm³/mol. The summed E-state index contributed by atoms with van der Waals surface area (Å²) in [5.41, 5.74) is 0. The maximum Gasteiger partial charge on any atom is 0.233 e.